The molecule has 1 saturated heterocycles. The molecule has 2 aromatic carbocycles. The Morgan fingerprint density at radius 3 is 2.75 bits per heavy atom. The maximum atomic E-state index is 12.4. The maximum Gasteiger partial charge on any atom is 0.224 e. The zero-order chi connectivity index (χ0) is 19.3. The quantitative estimate of drug-likeness (QED) is 0.667. The van der Waals surface area contributed by atoms with Crippen molar-refractivity contribution in [2.24, 2.45) is 5.92 Å². The number of nitrogens with one attached hydrogen (secondary N) is 2. The summed E-state index contributed by atoms with van der Waals surface area (Å²) in [4.78, 5) is 29.7. The fraction of sp³-hybridized carbons (Fsp3) is 0.304. The monoisotopic (exact) mass is 375 g/mol. The third-order valence-corrected chi connectivity index (χ3v) is 5.42. The second-order valence-corrected chi connectivity index (χ2v) is 7.49. The lowest BCUT2D eigenvalue weighted by Gasteiger charge is -2.17. The molecular weight excluding hydrogens is 350 g/mol. The van der Waals surface area contributed by atoms with Crippen LogP contribution in [-0.2, 0) is 22.4 Å². The topological polar surface area (TPSA) is 65.2 Å². The average molecular weight is 375 g/mol. The predicted octanol–water partition coefficient (Wildman–Crippen LogP) is 2.92. The summed E-state index contributed by atoms with van der Waals surface area (Å²) < 4.78 is 0. The van der Waals surface area contributed by atoms with Gasteiger partial charge in [0, 0.05) is 49.1 Å². The SMILES string of the molecule is O=C(Cc1c[nH]c2ccccc12)NCC1CC(=O)N(CCc2ccccc2)C1. The number of hydrogen-bond acceptors (Lipinski definition) is 2. The standard InChI is InChI=1S/C23H25N3O2/c27-22(13-19-15-24-21-9-5-4-8-20(19)21)25-14-18-12-23(28)26(16-18)11-10-17-6-2-1-3-7-17/h1-9,15,18,24H,10-14,16H2,(H,25,27). The summed E-state index contributed by atoms with van der Waals surface area (Å²) in [6.07, 6.45) is 3.63. The number of aromatic nitrogens is 1. The first-order valence-corrected chi connectivity index (χ1v) is 9.82. The molecule has 5 heteroatoms. The highest BCUT2D eigenvalue weighted by atomic mass is 16.2. The van der Waals surface area contributed by atoms with Gasteiger partial charge in [-0.25, -0.2) is 0 Å². The zero-order valence-corrected chi connectivity index (χ0v) is 15.9. The molecule has 2 heterocycles. The summed E-state index contributed by atoms with van der Waals surface area (Å²) in [5.41, 5.74) is 3.28. The van der Waals surface area contributed by atoms with Crippen LogP contribution in [0, 0.1) is 5.92 Å². The van der Waals surface area contributed by atoms with Crippen molar-refractivity contribution in [3.8, 4) is 0 Å². The van der Waals surface area contributed by atoms with Gasteiger partial charge in [0.15, 0.2) is 0 Å². The van der Waals surface area contributed by atoms with Crippen molar-refractivity contribution in [2.75, 3.05) is 19.6 Å². The number of nitrogens with zero attached hydrogens (tertiary/aromatic N) is 1. The van der Waals surface area contributed by atoms with Crippen molar-refractivity contribution in [3.05, 3.63) is 71.9 Å². The second kappa shape index (κ2) is 8.30. The minimum atomic E-state index is -0.0000578. The fourth-order valence-electron chi connectivity index (χ4n) is 3.89. The Labute approximate surface area is 164 Å². The van der Waals surface area contributed by atoms with Gasteiger partial charge >= 0.3 is 0 Å². The van der Waals surface area contributed by atoms with Gasteiger partial charge in [-0.3, -0.25) is 9.59 Å². The van der Waals surface area contributed by atoms with Gasteiger partial charge < -0.3 is 15.2 Å². The van der Waals surface area contributed by atoms with Crippen LogP contribution in [0.25, 0.3) is 10.9 Å². The minimum absolute atomic E-state index is 0.0000578. The lowest BCUT2D eigenvalue weighted by molar-refractivity contribution is -0.127. The number of fused-ring (bicyclic) bond motifs is 1. The summed E-state index contributed by atoms with van der Waals surface area (Å²) in [6.45, 7) is 2.01. The highest BCUT2D eigenvalue weighted by Gasteiger charge is 2.29. The van der Waals surface area contributed by atoms with Gasteiger partial charge in [-0.1, -0.05) is 48.5 Å². The van der Waals surface area contributed by atoms with E-state index in [4.69, 9.17) is 0 Å². The third-order valence-electron chi connectivity index (χ3n) is 5.42. The molecule has 1 aliphatic heterocycles. The molecule has 1 fully saturated rings. The molecule has 0 radical (unpaired) electrons. The number of amides is 2. The summed E-state index contributed by atoms with van der Waals surface area (Å²) >= 11 is 0. The Bertz CT molecular complexity index is 964. The van der Waals surface area contributed by atoms with Gasteiger partial charge in [0.05, 0.1) is 6.42 Å². The highest BCUT2D eigenvalue weighted by Crippen LogP contribution is 2.19. The molecule has 1 aliphatic rings. The van der Waals surface area contributed by atoms with E-state index < -0.39 is 0 Å². The van der Waals surface area contributed by atoms with Crippen LogP contribution in [0.5, 0.6) is 0 Å². The second-order valence-electron chi connectivity index (χ2n) is 7.49. The fourth-order valence-corrected chi connectivity index (χ4v) is 3.89. The molecule has 144 valence electrons. The third kappa shape index (κ3) is 4.25. The molecule has 0 saturated carbocycles. The Morgan fingerprint density at radius 2 is 1.89 bits per heavy atom. The highest BCUT2D eigenvalue weighted by molar-refractivity contribution is 5.88. The molecule has 3 aromatic rings. The molecule has 0 spiro atoms. The van der Waals surface area contributed by atoms with Crippen molar-refractivity contribution in [3.63, 3.8) is 0 Å². The largest absolute Gasteiger partial charge is 0.361 e. The number of rotatable bonds is 7. The molecule has 2 amide bonds. The van der Waals surface area contributed by atoms with Crippen molar-refractivity contribution in [2.45, 2.75) is 19.3 Å². The number of hydrogen-bond donors (Lipinski definition) is 2. The van der Waals surface area contributed by atoms with Crippen LogP contribution >= 0.6 is 0 Å². The van der Waals surface area contributed by atoms with E-state index >= 15 is 0 Å². The molecule has 28 heavy (non-hydrogen) atoms. The summed E-state index contributed by atoms with van der Waals surface area (Å²) in [6, 6.07) is 18.2. The van der Waals surface area contributed by atoms with Gasteiger partial charge in [-0.2, -0.15) is 0 Å². The maximum absolute atomic E-state index is 12.4. The molecule has 2 N–H and O–H groups in total. The molecule has 1 atom stereocenters. The van der Waals surface area contributed by atoms with E-state index in [2.05, 4.69) is 22.4 Å². The van der Waals surface area contributed by atoms with E-state index in [1.165, 1.54) is 5.56 Å². The Hall–Kier alpha value is -3.08. The number of aromatic amines is 1. The Morgan fingerprint density at radius 1 is 1.11 bits per heavy atom. The zero-order valence-electron chi connectivity index (χ0n) is 15.9. The Kier molecular flexibility index (Phi) is 5.42. The van der Waals surface area contributed by atoms with E-state index in [9.17, 15) is 9.59 Å². The first-order chi connectivity index (χ1) is 13.7. The first-order valence-electron chi connectivity index (χ1n) is 9.82. The van der Waals surface area contributed by atoms with E-state index in [0.717, 1.165) is 36.0 Å². The van der Waals surface area contributed by atoms with Crippen molar-refractivity contribution < 1.29 is 9.59 Å². The van der Waals surface area contributed by atoms with Crippen LogP contribution in [0.4, 0.5) is 0 Å². The molecule has 4 rings (SSSR count). The molecule has 5 nitrogen and oxygen atoms in total. The molecule has 0 aliphatic carbocycles. The number of benzene rings is 2. The van der Waals surface area contributed by atoms with Gasteiger partial charge in [-0.05, 0) is 23.6 Å². The summed E-state index contributed by atoms with van der Waals surface area (Å²) in [7, 11) is 0. The van der Waals surface area contributed by atoms with Crippen LogP contribution in [0.3, 0.4) is 0 Å². The first kappa shape index (κ1) is 18.3. The van der Waals surface area contributed by atoms with Crippen molar-refractivity contribution in [1.82, 2.24) is 15.2 Å². The van der Waals surface area contributed by atoms with Crippen molar-refractivity contribution >= 4 is 22.7 Å². The molecule has 1 aromatic heterocycles. The number of para-hydroxylation sites is 1. The lowest BCUT2D eigenvalue weighted by Crippen LogP contribution is -2.32. The van der Waals surface area contributed by atoms with Crippen LogP contribution in [-0.4, -0.2) is 41.3 Å². The van der Waals surface area contributed by atoms with Crippen LogP contribution < -0.4 is 5.32 Å². The lowest BCUT2D eigenvalue weighted by atomic mass is 10.1. The molecule has 0 bridgehead atoms. The predicted molar refractivity (Wildman–Crippen MR) is 110 cm³/mol. The minimum Gasteiger partial charge on any atom is -0.361 e. The smallest absolute Gasteiger partial charge is 0.224 e. The van der Waals surface area contributed by atoms with E-state index in [1.54, 1.807) is 0 Å². The number of likely N-dealkylation sites (tertiary alicyclic amines) is 1. The van der Waals surface area contributed by atoms with Gasteiger partial charge in [0.2, 0.25) is 11.8 Å². The van der Waals surface area contributed by atoms with Crippen LogP contribution in [0.2, 0.25) is 0 Å². The van der Waals surface area contributed by atoms with Crippen molar-refractivity contribution in [1.29, 1.82) is 0 Å². The molecule has 1 unspecified atom stereocenters. The summed E-state index contributed by atoms with van der Waals surface area (Å²) in [5.74, 6) is 0.377. The van der Waals surface area contributed by atoms with Gasteiger partial charge in [0.25, 0.3) is 0 Å². The van der Waals surface area contributed by atoms with Crippen LogP contribution in [0.1, 0.15) is 17.5 Å². The Balaban J connectivity index is 1.25. The number of H-pyrrole nitrogens is 1. The van der Waals surface area contributed by atoms with Crippen LogP contribution in [0.15, 0.2) is 60.8 Å². The summed E-state index contributed by atoms with van der Waals surface area (Å²) in [5, 5.41) is 4.09. The van der Waals surface area contributed by atoms with E-state index in [0.29, 0.717) is 19.4 Å². The number of carbonyl (C=O) groups is 2. The number of carbonyl (C=O) groups excluding carboxylic acids is 2. The normalized spacial score (nSPS) is 16.6. The van der Waals surface area contributed by atoms with Gasteiger partial charge in [-0.15, -0.1) is 0 Å². The molecular formula is C23H25N3O2. The van der Waals surface area contributed by atoms with Gasteiger partial charge in [0.1, 0.15) is 0 Å². The average Bonchev–Trinajstić information content (AvgIpc) is 3.29. The van der Waals surface area contributed by atoms with E-state index in [1.807, 2.05) is 53.6 Å². The van der Waals surface area contributed by atoms with E-state index in [-0.39, 0.29) is 17.7 Å².